The van der Waals surface area contributed by atoms with Crippen molar-refractivity contribution in [3.8, 4) is 0 Å². The van der Waals surface area contributed by atoms with Gasteiger partial charge in [-0.15, -0.1) is 0 Å². The van der Waals surface area contributed by atoms with Crippen LogP contribution < -0.4 is 0 Å². The summed E-state index contributed by atoms with van der Waals surface area (Å²) in [6.07, 6.45) is 48.4. The van der Waals surface area contributed by atoms with Crippen LogP contribution in [-0.4, -0.2) is 18.9 Å². The van der Waals surface area contributed by atoms with Crippen LogP contribution in [0.4, 0.5) is 0 Å². The van der Waals surface area contributed by atoms with Crippen LogP contribution in [0.15, 0.2) is 47.5 Å². The molecule has 0 fully saturated rings. The summed E-state index contributed by atoms with van der Waals surface area (Å²) >= 11 is 0.0444. The molecule has 0 spiro atoms. The third-order valence-electron chi connectivity index (χ3n) is 14.0. The summed E-state index contributed by atoms with van der Waals surface area (Å²) in [6, 6.07) is 15.1. The van der Waals surface area contributed by atoms with Crippen molar-refractivity contribution in [2.45, 2.75) is 286 Å². The molecule has 0 aromatic heterocycles. The van der Waals surface area contributed by atoms with Crippen molar-refractivity contribution in [1.29, 1.82) is 0 Å². The predicted molar refractivity (Wildman–Crippen MR) is 290 cm³/mol. The van der Waals surface area contributed by atoms with E-state index in [-0.39, 0.29) is 18.7 Å². The van der Waals surface area contributed by atoms with Crippen LogP contribution in [-0.2, 0) is 51.3 Å². The van der Waals surface area contributed by atoms with Gasteiger partial charge in [-0.1, -0.05) is 221 Å². The Morgan fingerprint density at radius 2 is 0.552 bits per heavy atom. The molecule has 0 N–H and O–H groups in total. The van der Waals surface area contributed by atoms with E-state index in [0.717, 1.165) is 49.9 Å². The maximum absolute atomic E-state index is 13.0. The second-order valence-electron chi connectivity index (χ2n) is 20.0. The van der Waals surface area contributed by atoms with Crippen molar-refractivity contribution in [1.82, 2.24) is 0 Å². The van der Waals surface area contributed by atoms with E-state index in [1.807, 2.05) is 0 Å². The number of rotatable bonds is 42. The molecule has 5 heteroatoms. The van der Waals surface area contributed by atoms with Gasteiger partial charge in [0.25, 0.3) is 0 Å². The zero-order valence-corrected chi connectivity index (χ0v) is 46.9. The first-order valence-electron chi connectivity index (χ1n) is 28.8. The Balaban J connectivity index is 0.00000292. The van der Waals surface area contributed by atoms with E-state index in [4.69, 9.17) is 0 Å². The van der Waals surface area contributed by atoms with Gasteiger partial charge in [-0.25, -0.2) is 4.70 Å². The molecule has 3 rings (SSSR count). The van der Waals surface area contributed by atoms with E-state index < -0.39 is 0 Å². The minimum atomic E-state index is 0.0444. The van der Waals surface area contributed by atoms with E-state index in [1.54, 1.807) is 18.9 Å². The summed E-state index contributed by atoms with van der Waals surface area (Å²) in [4.78, 5) is 0. The molecular weight excluding hydrogens is 911 g/mol. The van der Waals surface area contributed by atoms with Crippen LogP contribution in [0.25, 0.3) is 16.9 Å². The fourth-order valence-electron chi connectivity index (χ4n) is 10.1. The van der Waals surface area contributed by atoms with Gasteiger partial charge >= 0.3 is 39.9 Å². The Morgan fingerprint density at radius 1 is 0.328 bits per heavy atom. The summed E-state index contributed by atoms with van der Waals surface area (Å²) in [5, 5.41) is 0. The molecule has 0 saturated heterocycles. The Kier molecular flexibility index (Phi) is 38.2. The van der Waals surface area contributed by atoms with Gasteiger partial charge in [-0.05, 0) is 124 Å². The van der Waals surface area contributed by atoms with E-state index in [0.29, 0.717) is 0 Å². The second-order valence-corrected chi connectivity index (χ2v) is 21.6. The van der Waals surface area contributed by atoms with Gasteiger partial charge in [0.05, 0.1) is 0 Å². The Bertz CT molecular complexity index is 1430. The van der Waals surface area contributed by atoms with Gasteiger partial charge in [0.2, 0.25) is 11.4 Å². The molecular formula is C62H106N2O2Pd. The van der Waals surface area contributed by atoms with E-state index >= 15 is 0 Å². The van der Waals surface area contributed by atoms with Gasteiger partial charge in [0, 0.05) is 22.3 Å². The summed E-state index contributed by atoms with van der Waals surface area (Å²) in [5.74, 6) is 0. The van der Waals surface area contributed by atoms with Crippen molar-refractivity contribution in [3.63, 3.8) is 0 Å². The SMILES string of the molecule is CCCCCCCCc1cc(CCCCCCCC)cc(C2=C(CCCCCC)C(CCCCCC)=C(c3cc(CCCCCCCC)cc(CCCCCCCC)c3)[N+]2=[N-])c1.C[O][Pd][O]C. The number of hydrogen-bond donors (Lipinski definition) is 0. The van der Waals surface area contributed by atoms with Crippen LogP contribution in [0.2, 0.25) is 0 Å². The molecule has 0 unspecified atom stereocenters. The third kappa shape index (κ3) is 26.8. The van der Waals surface area contributed by atoms with E-state index in [9.17, 15) is 5.53 Å². The fraction of sp³-hybridized carbons (Fsp3) is 0.742. The summed E-state index contributed by atoms with van der Waals surface area (Å²) in [6.45, 7) is 13.9. The Morgan fingerprint density at radius 3 is 0.791 bits per heavy atom. The molecule has 4 nitrogen and oxygen atoms in total. The van der Waals surface area contributed by atoms with Crippen LogP contribution >= 0.6 is 0 Å². The van der Waals surface area contributed by atoms with Gasteiger partial charge in [-0.3, -0.25) is 0 Å². The summed E-state index contributed by atoms with van der Waals surface area (Å²) in [5.41, 5.74) is 26.5. The van der Waals surface area contributed by atoms with Crippen LogP contribution in [0, 0.1) is 0 Å². The number of unbranched alkanes of at least 4 members (excludes halogenated alkanes) is 26. The van der Waals surface area contributed by atoms with Crippen LogP contribution in [0.1, 0.15) is 293 Å². The normalized spacial score (nSPS) is 12.8. The molecule has 67 heavy (non-hydrogen) atoms. The predicted octanol–water partition coefficient (Wildman–Crippen LogP) is 20.6. The molecule has 0 saturated carbocycles. The van der Waals surface area contributed by atoms with Crippen molar-refractivity contribution >= 4 is 11.4 Å². The van der Waals surface area contributed by atoms with Crippen LogP contribution in [0.3, 0.4) is 0 Å². The first-order valence-corrected chi connectivity index (χ1v) is 30.1. The first kappa shape index (κ1) is 61.2. The van der Waals surface area contributed by atoms with Gasteiger partial charge in [0.15, 0.2) is 0 Å². The molecule has 386 valence electrons. The number of benzene rings is 2. The Hall–Kier alpha value is -1.90. The van der Waals surface area contributed by atoms with Crippen molar-refractivity contribution < 1.29 is 30.3 Å². The number of nitrogens with zero attached hydrogens (tertiary/aromatic N) is 2. The van der Waals surface area contributed by atoms with Crippen molar-refractivity contribution in [2.75, 3.05) is 14.2 Å². The maximum atomic E-state index is 13.0. The van der Waals surface area contributed by atoms with E-state index in [2.05, 4.69) is 84.9 Å². The minimum absolute atomic E-state index is 0.0444. The molecule has 2 aromatic rings. The molecule has 0 bridgehead atoms. The Labute approximate surface area is 425 Å². The second kappa shape index (κ2) is 41.8. The quantitative estimate of drug-likeness (QED) is 0.0378. The zero-order valence-electron chi connectivity index (χ0n) is 45.4. The van der Waals surface area contributed by atoms with Gasteiger partial charge < -0.3 is 5.53 Å². The standard InChI is InChI=1S/C60H100N2.2CH3O.Pd/c1-7-13-19-25-29-33-39-51-45-52(40-34-30-26-20-14-8-2)48-55(47-51)59-57(43-37-23-17-11-5)58(44-38-24-18-12-6)60(62(59)61)56-49-53(41-35-31-27-21-15-9-3)46-54(50-56)42-36-32-28-22-16-10-4;2*1-2;/h45-50H,7-44H2,1-6H3;2*1H3;/q;2*-1;+2. The number of allylic oxidation sites excluding steroid dienone is 2. The molecule has 1 aliphatic heterocycles. The molecule has 1 heterocycles. The number of hydrogen-bond acceptors (Lipinski definition) is 2. The van der Waals surface area contributed by atoms with Gasteiger partial charge in [0.1, 0.15) is 0 Å². The zero-order chi connectivity index (χ0) is 48.6. The van der Waals surface area contributed by atoms with Gasteiger partial charge in [-0.2, -0.15) is 0 Å². The number of aryl methyl sites for hydroxylation is 4. The molecule has 0 radical (unpaired) electrons. The summed E-state index contributed by atoms with van der Waals surface area (Å²) < 4.78 is 10.8. The first-order chi connectivity index (χ1) is 32.9. The third-order valence-corrected chi connectivity index (χ3v) is 14.5. The monoisotopic (exact) mass is 1020 g/mol. The summed E-state index contributed by atoms with van der Waals surface area (Å²) in [7, 11) is 3.22. The van der Waals surface area contributed by atoms with E-state index in [1.165, 1.54) is 250 Å². The molecule has 0 atom stereocenters. The topological polar surface area (TPSA) is 43.8 Å². The molecule has 1 aliphatic rings. The van der Waals surface area contributed by atoms with Crippen molar-refractivity contribution in [2.24, 2.45) is 0 Å². The average molecular weight is 1020 g/mol. The fourth-order valence-corrected chi connectivity index (χ4v) is 10.4. The molecule has 0 amide bonds. The molecule has 2 aromatic carbocycles. The molecule has 0 aliphatic carbocycles. The van der Waals surface area contributed by atoms with Crippen molar-refractivity contribution in [3.05, 3.63) is 86.5 Å². The van der Waals surface area contributed by atoms with Crippen LogP contribution in [0.5, 0.6) is 0 Å². The average Bonchev–Trinajstić information content (AvgIpc) is 3.61.